The quantitative estimate of drug-likeness (QED) is 0.620. The zero-order valence-corrected chi connectivity index (χ0v) is 19.0. The van der Waals surface area contributed by atoms with Gasteiger partial charge in [-0.3, -0.25) is 9.69 Å². The Morgan fingerprint density at radius 1 is 1.19 bits per heavy atom. The van der Waals surface area contributed by atoms with Crippen LogP contribution in [0, 0.1) is 11.2 Å². The number of aromatic nitrogens is 1. The molecule has 2 heterocycles. The normalized spacial score (nSPS) is 21.8. The fraction of sp³-hybridized carbons (Fsp3) is 0.348. The maximum atomic E-state index is 15.0. The number of carbonyl (C=O) groups is 1. The molecule has 1 amide bonds. The van der Waals surface area contributed by atoms with Crippen molar-refractivity contribution in [3.63, 3.8) is 0 Å². The van der Waals surface area contributed by atoms with E-state index in [-0.39, 0.29) is 17.9 Å². The van der Waals surface area contributed by atoms with Crippen molar-refractivity contribution < 1.29 is 9.18 Å². The summed E-state index contributed by atoms with van der Waals surface area (Å²) in [6.07, 6.45) is 0. The third-order valence-electron chi connectivity index (χ3n) is 6.29. The molecule has 1 aliphatic heterocycles. The maximum absolute atomic E-state index is 15.0. The second kappa shape index (κ2) is 7.30. The van der Waals surface area contributed by atoms with Gasteiger partial charge in [0, 0.05) is 18.3 Å². The Morgan fingerprint density at radius 2 is 1.90 bits per heavy atom. The molecule has 1 unspecified atom stereocenters. The van der Waals surface area contributed by atoms with E-state index in [1.54, 1.807) is 51.3 Å². The van der Waals surface area contributed by atoms with Gasteiger partial charge in [0.2, 0.25) is 5.91 Å². The molecule has 1 aromatic heterocycles. The number of nitrogens with two attached hydrogens (primary N) is 1. The molecule has 2 aromatic carbocycles. The molecule has 4 rings (SSSR count). The number of nitrogens with one attached hydrogen (secondary N) is 1. The van der Waals surface area contributed by atoms with Crippen molar-refractivity contribution in [3.05, 3.63) is 58.9 Å². The zero-order chi connectivity index (χ0) is 22.6. The molecule has 6 nitrogen and oxygen atoms in total. The second-order valence-electron chi connectivity index (χ2n) is 8.61. The van der Waals surface area contributed by atoms with Crippen molar-refractivity contribution in [1.82, 2.24) is 9.88 Å². The van der Waals surface area contributed by atoms with Crippen LogP contribution in [0.15, 0.2) is 47.5 Å². The molecule has 31 heavy (non-hydrogen) atoms. The van der Waals surface area contributed by atoms with Crippen LogP contribution in [-0.2, 0) is 10.3 Å². The number of amides is 1. The van der Waals surface area contributed by atoms with Gasteiger partial charge < -0.3 is 11.1 Å². The number of halogens is 1. The van der Waals surface area contributed by atoms with Gasteiger partial charge in [0.25, 0.3) is 0 Å². The average Bonchev–Trinajstić information content (AvgIpc) is 3.17. The lowest BCUT2D eigenvalue weighted by atomic mass is 9.67. The lowest BCUT2D eigenvalue weighted by Gasteiger charge is -2.46. The van der Waals surface area contributed by atoms with E-state index in [2.05, 4.69) is 10.3 Å². The number of hydrogen-bond acceptors (Lipinski definition) is 6. The average molecular weight is 440 g/mol. The Labute approximate surface area is 185 Å². The van der Waals surface area contributed by atoms with Gasteiger partial charge in [-0.05, 0) is 58.0 Å². The van der Waals surface area contributed by atoms with E-state index in [4.69, 9.17) is 10.7 Å². The summed E-state index contributed by atoms with van der Waals surface area (Å²) in [7, 11) is 1.58. The molecule has 0 fully saturated rings. The Morgan fingerprint density at radius 3 is 2.61 bits per heavy atom. The molecule has 3 aromatic rings. The van der Waals surface area contributed by atoms with Gasteiger partial charge in [0.05, 0.1) is 21.7 Å². The minimum Gasteiger partial charge on any atom is -0.376 e. The van der Waals surface area contributed by atoms with Crippen LogP contribution in [0.5, 0.6) is 0 Å². The van der Waals surface area contributed by atoms with E-state index < -0.39 is 16.8 Å². The van der Waals surface area contributed by atoms with Gasteiger partial charge in [-0.25, -0.2) is 14.4 Å². The number of anilines is 1. The number of para-hydroxylation sites is 1. The summed E-state index contributed by atoms with van der Waals surface area (Å²) in [5.41, 5.74) is 5.86. The van der Waals surface area contributed by atoms with Crippen molar-refractivity contribution in [1.29, 1.82) is 0 Å². The third-order valence-corrected chi connectivity index (χ3v) is 7.51. The van der Waals surface area contributed by atoms with Crippen LogP contribution < -0.4 is 11.1 Å². The third kappa shape index (κ3) is 3.35. The SMILES string of the molecule is CC(Nc1ccc(F)c([C@@]2(C)N=C(N)N(C)C(=O)C2(C)C)c1)c1nc2ccccc2s1. The number of hydrogen-bond donors (Lipinski definition) is 2. The summed E-state index contributed by atoms with van der Waals surface area (Å²) >= 11 is 1.62. The first kappa shape index (κ1) is 21.2. The first-order valence-corrected chi connectivity index (χ1v) is 10.9. The van der Waals surface area contributed by atoms with Crippen molar-refractivity contribution in [2.45, 2.75) is 39.3 Å². The minimum atomic E-state index is -1.15. The largest absolute Gasteiger partial charge is 0.376 e. The molecule has 0 bridgehead atoms. The van der Waals surface area contributed by atoms with Crippen LogP contribution in [0.2, 0.25) is 0 Å². The van der Waals surface area contributed by atoms with Crippen LogP contribution in [0.1, 0.15) is 44.3 Å². The topological polar surface area (TPSA) is 83.6 Å². The summed E-state index contributed by atoms with van der Waals surface area (Å²) in [4.78, 5) is 23.5. The Kier molecular flexibility index (Phi) is 5.00. The maximum Gasteiger partial charge on any atom is 0.237 e. The number of nitrogens with zero attached hydrogens (tertiary/aromatic N) is 3. The van der Waals surface area contributed by atoms with Crippen molar-refractivity contribution in [2.75, 3.05) is 12.4 Å². The van der Waals surface area contributed by atoms with Gasteiger partial charge in [0.15, 0.2) is 5.96 Å². The molecule has 0 spiro atoms. The predicted molar refractivity (Wildman–Crippen MR) is 124 cm³/mol. The Balaban J connectivity index is 1.71. The minimum absolute atomic E-state index is 0.0763. The molecule has 3 N–H and O–H groups in total. The number of rotatable bonds is 4. The molecule has 162 valence electrons. The van der Waals surface area contributed by atoms with E-state index in [1.807, 2.05) is 31.2 Å². The van der Waals surface area contributed by atoms with Gasteiger partial charge in [-0.2, -0.15) is 0 Å². The standard InChI is InChI=1S/C23H26FN5OS/c1-13(19-27-17-8-6-7-9-18(17)31-19)26-14-10-11-16(24)15(12-14)23(4)22(2,3)20(30)29(5)21(25)28-23/h6-13,26H,1-5H3,(H2,25,28)/t13?,23-/m1/s1. The molecular weight excluding hydrogens is 413 g/mol. The van der Waals surface area contributed by atoms with E-state index in [1.165, 1.54) is 11.0 Å². The smallest absolute Gasteiger partial charge is 0.237 e. The van der Waals surface area contributed by atoms with Gasteiger partial charge in [-0.15, -0.1) is 11.3 Å². The van der Waals surface area contributed by atoms with Gasteiger partial charge in [-0.1, -0.05) is 12.1 Å². The second-order valence-corrected chi connectivity index (χ2v) is 9.67. The highest BCUT2D eigenvalue weighted by Crippen LogP contribution is 2.47. The molecule has 0 saturated carbocycles. The zero-order valence-electron chi connectivity index (χ0n) is 18.2. The predicted octanol–water partition coefficient (Wildman–Crippen LogP) is 4.64. The lowest BCUT2D eigenvalue weighted by Crippen LogP contribution is -2.58. The molecule has 1 aliphatic rings. The van der Waals surface area contributed by atoms with Crippen LogP contribution >= 0.6 is 11.3 Å². The number of benzene rings is 2. The summed E-state index contributed by atoms with van der Waals surface area (Å²) in [6, 6.07) is 12.7. The van der Waals surface area contributed by atoms with Crippen molar-refractivity contribution >= 4 is 39.1 Å². The monoisotopic (exact) mass is 439 g/mol. The highest BCUT2D eigenvalue weighted by molar-refractivity contribution is 7.18. The van der Waals surface area contributed by atoms with Crippen molar-refractivity contribution in [2.24, 2.45) is 16.1 Å². The van der Waals surface area contributed by atoms with Crippen LogP contribution in [-0.4, -0.2) is 28.8 Å². The Bertz CT molecular complexity index is 1170. The summed E-state index contributed by atoms with van der Waals surface area (Å²) in [5.74, 6) is -0.557. The molecular formula is C23H26FN5OS. The molecule has 8 heteroatoms. The van der Waals surface area contributed by atoms with Crippen LogP contribution in [0.4, 0.5) is 10.1 Å². The highest BCUT2D eigenvalue weighted by atomic mass is 32.1. The molecule has 0 saturated heterocycles. The summed E-state index contributed by atoms with van der Waals surface area (Å²) < 4.78 is 16.1. The van der Waals surface area contributed by atoms with Gasteiger partial charge >= 0.3 is 0 Å². The highest BCUT2D eigenvalue weighted by Gasteiger charge is 2.53. The summed E-state index contributed by atoms with van der Waals surface area (Å²) in [6.45, 7) is 7.31. The van der Waals surface area contributed by atoms with E-state index >= 15 is 4.39 Å². The first-order chi connectivity index (χ1) is 14.5. The first-order valence-electron chi connectivity index (χ1n) is 10.1. The molecule has 0 radical (unpaired) electrons. The van der Waals surface area contributed by atoms with Crippen LogP contribution in [0.25, 0.3) is 10.2 Å². The number of guanidine groups is 1. The van der Waals surface area contributed by atoms with Crippen molar-refractivity contribution in [3.8, 4) is 0 Å². The molecule has 2 atom stereocenters. The number of thiazole rings is 1. The van der Waals surface area contributed by atoms with E-state index in [0.29, 0.717) is 5.56 Å². The fourth-order valence-corrected chi connectivity index (χ4v) is 4.92. The number of aliphatic imine (C=N–C) groups is 1. The molecule has 0 aliphatic carbocycles. The van der Waals surface area contributed by atoms with Gasteiger partial charge in [0.1, 0.15) is 16.4 Å². The fourth-order valence-electron chi connectivity index (χ4n) is 3.95. The Hall–Kier alpha value is -3.00. The summed E-state index contributed by atoms with van der Waals surface area (Å²) in [5, 5.41) is 4.35. The number of carbonyl (C=O) groups excluding carboxylic acids is 1. The van der Waals surface area contributed by atoms with Crippen LogP contribution in [0.3, 0.4) is 0 Å². The number of fused-ring (bicyclic) bond motifs is 1. The van der Waals surface area contributed by atoms with E-state index in [9.17, 15) is 4.79 Å². The lowest BCUT2D eigenvalue weighted by molar-refractivity contribution is -0.140. The van der Waals surface area contributed by atoms with E-state index in [0.717, 1.165) is 20.9 Å².